The number of nitrogen functional groups attached to an aromatic ring is 1. The molecule has 5 aromatic rings. The van der Waals surface area contributed by atoms with Crippen molar-refractivity contribution in [2.24, 2.45) is 5.73 Å². The van der Waals surface area contributed by atoms with Crippen LogP contribution in [0.4, 0.5) is 11.5 Å². The van der Waals surface area contributed by atoms with Crippen LogP contribution in [0.3, 0.4) is 0 Å². The first-order chi connectivity index (χ1) is 19.2. The lowest BCUT2D eigenvalue weighted by Crippen LogP contribution is -2.30. The zero-order chi connectivity index (χ0) is 28.1. The van der Waals surface area contributed by atoms with Crippen LogP contribution in [0.5, 0.6) is 0 Å². The number of nitrogens with two attached hydrogens (primary N) is 2. The summed E-state index contributed by atoms with van der Waals surface area (Å²) in [7, 11) is 1.72. The van der Waals surface area contributed by atoms with Crippen LogP contribution < -0.4 is 16.4 Å². The van der Waals surface area contributed by atoms with Gasteiger partial charge < -0.3 is 30.4 Å². The Labute approximate surface area is 227 Å². The van der Waals surface area contributed by atoms with Crippen LogP contribution in [0.25, 0.3) is 22.3 Å². The van der Waals surface area contributed by atoms with E-state index in [9.17, 15) is 14.4 Å². The summed E-state index contributed by atoms with van der Waals surface area (Å²) in [6.07, 6.45) is 4.16. The second-order valence-corrected chi connectivity index (χ2v) is 9.55. The Bertz CT molecular complexity index is 1820. The summed E-state index contributed by atoms with van der Waals surface area (Å²) in [5.74, 6) is -0.226. The Morgan fingerprint density at radius 2 is 1.90 bits per heavy atom. The van der Waals surface area contributed by atoms with Crippen molar-refractivity contribution < 1.29 is 18.9 Å². The molecule has 202 valence electrons. The molecule has 4 heterocycles. The van der Waals surface area contributed by atoms with Gasteiger partial charge in [-0.05, 0) is 48.4 Å². The summed E-state index contributed by atoms with van der Waals surface area (Å²) in [6.45, 7) is 2.31. The molecule has 0 saturated heterocycles. The van der Waals surface area contributed by atoms with Gasteiger partial charge in [-0.2, -0.15) is 5.10 Å². The van der Waals surface area contributed by atoms with Gasteiger partial charge >= 0.3 is 0 Å². The number of anilines is 2. The van der Waals surface area contributed by atoms with Crippen LogP contribution in [0.15, 0.2) is 59.4 Å². The molecule has 3 aromatic heterocycles. The summed E-state index contributed by atoms with van der Waals surface area (Å²) in [5.41, 5.74) is 15.1. The molecule has 0 atom stereocenters. The quantitative estimate of drug-likeness (QED) is 0.330. The van der Waals surface area contributed by atoms with E-state index in [-0.39, 0.29) is 29.0 Å². The average molecular weight is 540 g/mol. The number of rotatable bonds is 6. The van der Waals surface area contributed by atoms with E-state index in [1.165, 1.54) is 17.7 Å². The van der Waals surface area contributed by atoms with Crippen molar-refractivity contribution in [1.29, 1.82) is 0 Å². The van der Waals surface area contributed by atoms with Crippen molar-refractivity contribution in [1.82, 2.24) is 29.4 Å². The molecular weight excluding hydrogens is 514 g/mol. The number of nitrogens with zero attached hydrogens (tertiary/aromatic N) is 7. The number of fused-ring (bicyclic) bond motifs is 2. The van der Waals surface area contributed by atoms with Crippen molar-refractivity contribution in [2.75, 3.05) is 24.2 Å². The van der Waals surface area contributed by atoms with Gasteiger partial charge in [-0.25, -0.2) is 9.67 Å². The van der Waals surface area contributed by atoms with Gasteiger partial charge in [0.25, 0.3) is 11.8 Å². The zero-order valence-electron chi connectivity index (χ0n) is 21.7. The molecule has 0 radical (unpaired) electrons. The molecular formula is C27H25N9O4. The highest BCUT2D eigenvalue weighted by molar-refractivity contribution is 6.08. The first-order valence-corrected chi connectivity index (χ1v) is 12.5. The number of carbonyl (C=O) groups excluding carboxylic acids is 3. The lowest BCUT2D eigenvalue weighted by atomic mass is 10.1. The van der Waals surface area contributed by atoms with Crippen molar-refractivity contribution in [2.45, 2.75) is 19.9 Å². The van der Waals surface area contributed by atoms with Gasteiger partial charge in [0.2, 0.25) is 5.91 Å². The summed E-state index contributed by atoms with van der Waals surface area (Å²) in [4.78, 5) is 45.2. The highest BCUT2D eigenvalue weighted by Crippen LogP contribution is 2.32. The predicted octanol–water partition coefficient (Wildman–Crippen LogP) is 2.06. The normalized spacial score (nSPS) is 12.6. The minimum Gasteiger partial charge on any atom is -0.380 e. The summed E-state index contributed by atoms with van der Waals surface area (Å²) in [5, 5.41) is 8.63. The zero-order valence-corrected chi connectivity index (χ0v) is 21.7. The molecule has 13 nitrogen and oxygen atoms in total. The molecule has 2 aromatic carbocycles. The number of benzene rings is 2. The minimum absolute atomic E-state index is 0.0420. The number of primary amides is 1. The lowest BCUT2D eigenvalue weighted by molar-refractivity contribution is -0.128. The fraction of sp³-hybridized carbons (Fsp3) is 0.185. The topological polar surface area (TPSA) is 171 Å². The smallest absolute Gasteiger partial charge is 0.277 e. The largest absolute Gasteiger partial charge is 0.380 e. The van der Waals surface area contributed by atoms with Crippen molar-refractivity contribution in [3.8, 4) is 11.4 Å². The third-order valence-electron chi connectivity index (χ3n) is 7.02. The number of carbonyl (C=O) groups is 3. The third kappa shape index (κ3) is 4.13. The van der Waals surface area contributed by atoms with Gasteiger partial charge in [0.1, 0.15) is 11.5 Å². The number of hydrogen-bond donors (Lipinski definition) is 2. The maximum Gasteiger partial charge on any atom is 0.277 e. The van der Waals surface area contributed by atoms with Gasteiger partial charge in [-0.1, -0.05) is 5.16 Å². The van der Waals surface area contributed by atoms with E-state index in [0.29, 0.717) is 36.2 Å². The van der Waals surface area contributed by atoms with E-state index < -0.39 is 5.91 Å². The Kier molecular flexibility index (Phi) is 5.83. The van der Waals surface area contributed by atoms with Gasteiger partial charge in [0.05, 0.1) is 17.6 Å². The van der Waals surface area contributed by atoms with Crippen molar-refractivity contribution >= 4 is 40.2 Å². The summed E-state index contributed by atoms with van der Waals surface area (Å²) in [6, 6.07) is 12.2. The number of imidazole rings is 1. The van der Waals surface area contributed by atoms with E-state index in [1.54, 1.807) is 41.2 Å². The van der Waals surface area contributed by atoms with E-state index in [1.807, 2.05) is 29.0 Å². The molecule has 4 N–H and O–H groups in total. The molecule has 0 unspecified atom stereocenters. The fourth-order valence-corrected chi connectivity index (χ4v) is 4.82. The summed E-state index contributed by atoms with van der Waals surface area (Å²) >= 11 is 0. The third-order valence-corrected chi connectivity index (χ3v) is 7.02. The highest BCUT2D eigenvalue weighted by Gasteiger charge is 2.30. The second-order valence-electron chi connectivity index (χ2n) is 9.55. The Balaban J connectivity index is 1.34. The predicted molar refractivity (Wildman–Crippen MR) is 145 cm³/mol. The van der Waals surface area contributed by atoms with Crippen LogP contribution in [-0.4, -0.2) is 60.7 Å². The molecule has 0 saturated carbocycles. The van der Waals surface area contributed by atoms with Gasteiger partial charge in [-0.15, -0.1) is 0 Å². The number of hydrogen-bond acceptors (Lipinski definition) is 8. The fourth-order valence-electron chi connectivity index (χ4n) is 4.82. The second kappa shape index (κ2) is 9.38. The van der Waals surface area contributed by atoms with Crippen LogP contribution in [0.2, 0.25) is 0 Å². The van der Waals surface area contributed by atoms with Crippen LogP contribution >= 0.6 is 0 Å². The SMILES string of the molecule is CC(=O)N(C)Cc1nccn1-c1ccc2c(c1)CCN2C(=O)c1cc(C(N)=O)nn1-c1ccc2onc(N)c2c1. The molecule has 40 heavy (non-hydrogen) atoms. The number of aromatic nitrogens is 5. The van der Waals surface area contributed by atoms with Crippen LogP contribution in [0, 0.1) is 0 Å². The van der Waals surface area contributed by atoms with Gasteiger partial charge in [0.15, 0.2) is 17.1 Å². The van der Waals surface area contributed by atoms with Gasteiger partial charge in [0, 0.05) is 50.4 Å². The monoisotopic (exact) mass is 539 g/mol. The van der Waals surface area contributed by atoms with Crippen molar-refractivity contribution in [3.05, 3.63) is 77.6 Å². The standard InChI is InChI=1S/C27H25N9O4/c1-15(37)33(2)14-24-30-8-10-34(24)17-3-5-21-16(11-17)7-9-35(21)27(39)22-13-20(26(29)38)31-36(22)18-4-6-23-19(12-18)25(28)32-40-23/h3-6,8,10-13H,7,9,14H2,1-2H3,(H2,28,32)(H2,29,38). The molecule has 0 fully saturated rings. The van der Waals surface area contributed by atoms with Gasteiger partial charge in [-0.3, -0.25) is 14.4 Å². The lowest BCUT2D eigenvalue weighted by Gasteiger charge is -2.19. The maximum absolute atomic E-state index is 13.9. The van der Waals surface area contributed by atoms with E-state index in [4.69, 9.17) is 16.0 Å². The van der Waals surface area contributed by atoms with E-state index in [2.05, 4.69) is 15.2 Å². The Morgan fingerprint density at radius 1 is 1.10 bits per heavy atom. The molecule has 1 aliphatic rings. The maximum atomic E-state index is 13.9. The first kappa shape index (κ1) is 24.9. The average Bonchev–Trinajstić information content (AvgIpc) is 3.73. The molecule has 1 aliphatic heterocycles. The van der Waals surface area contributed by atoms with Crippen LogP contribution in [0.1, 0.15) is 39.3 Å². The van der Waals surface area contributed by atoms with Crippen molar-refractivity contribution in [3.63, 3.8) is 0 Å². The molecule has 13 heteroatoms. The Morgan fingerprint density at radius 3 is 2.67 bits per heavy atom. The highest BCUT2D eigenvalue weighted by atomic mass is 16.5. The molecule has 0 bridgehead atoms. The van der Waals surface area contributed by atoms with E-state index >= 15 is 0 Å². The molecule has 3 amide bonds. The number of amides is 3. The molecule has 0 spiro atoms. The first-order valence-electron chi connectivity index (χ1n) is 12.5. The molecule has 6 rings (SSSR count). The van der Waals surface area contributed by atoms with Crippen LogP contribution in [-0.2, 0) is 17.8 Å². The molecule has 0 aliphatic carbocycles. The van der Waals surface area contributed by atoms with E-state index in [0.717, 1.165) is 22.8 Å². The summed E-state index contributed by atoms with van der Waals surface area (Å²) < 4.78 is 8.48. The minimum atomic E-state index is -0.753. The Hall–Kier alpha value is -5.46.